The van der Waals surface area contributed by atoms with E-state index >= 15 is 0 Å². The first-order chi connectivity index (χ1) is 6.18. The minimum Gasteiger partial charge on any atom is -0.261 e. The Morgan fingerprint density at radius 1 is 1.38 bits per heavy atom. The molecule has 0 N–H and O–H groups in total. The molecule has 2 rings (SSSR count). The highest BCUT2D eigenvalue weighted by atomic mass is 35.5. The minimum atomic E-state index is 0.513. The maximum atomic E-state index is 6.14. The average molecular weight is 194 g/mol. The zero-order valence-corrected chi connectivity index (χ0v) is 8.60. The van der Waals surface area contributed by atoms with Crippen LogP contribution in [0.25, 0.3) is 0 Å². The van der Waals surface area contributed by atoms with Crippen molar-refractivity contribution in [2.75, 3.05) is 0 Å². The summed E-state index contributed by atoms with van der Waals surface area (Å²) in [6, 6.07) is 4.19. The van der Waals surface area contributed by atoms with Crippen molar-refractivity contribution in [1.82, 2.24) is 0 Å². The largest absolute Gasteiger partial charge is 0.261 e. The highest BCUT2D eigenvalue weighted by Gasteiger charge is 2.13. The highest BCUT2D eigenvalue weighted by Crippen LogP contribution is 2.34. The molecule has 1 aromatic carbocycles. The number of halogens is 1. The fraction of sp³-hybridized carbons (Fsp3) is 0.364. The molecular formula is C11H12ClN. The van der Waals surface area contributed by atoms with Crippen molar-refractivity contribution < 1.29 is 0 Å². The van der Waals surface area contributed by atoms with Gasteiger partial charge in [-0.05, 0) is 23.6 Å². The molecule has 1 aliphatic rings. The molecule has 1 aromatic rings. The summed E-state index contributed by atoms with van der Waals surface area (Å²) in [5.74, 6) is 0.513. The van der Waals surface area contributed by atoms with E-state index in [4.69, 9.17) is 11.6 Å². The van der Waals surface area contributed by atoms with Gasteiger partial charge in [0.05, 0.1) is 5.69 Å². The topological polar surface area (TPSA) is 12.4 Å². The fourth-order valence-corrected chi connectivity index (χ4v) is 1.83. The van der Waals surface area contributed by atoms with E-state index in [1.807, 2.05) is 6.21 Å². The molecule has 0 saturated heterocycles. The Hall–Kier alpha value is -0.820. The Balaban J connectivity index is 2.54. The van der Waals surface area contributed by atoms with Crippen LogP contribution in [0.3, 0.4) is 0 Å². The maximum Gasteiger partial charge on any atom is 0.0679 e. The van der Waals surface area contributed by atoms with Gasteiger partial charge >= 0.3 is 0 Å². The second-order valence-corrected chi connectivity index (χ2v) is 4.08. The summed E-state index contributed by atoms with van der Waals surface area (Å²) in [5, 5.41) is 0.860. The van der Waals surface area contributed by atoms with Crippen LogP contribution in [-0.4, -0.2) is 6.21 Å². The lowest BCUT2D eigenvalue weighted by Gasteiger charge is -2.08. The van der Waals surface area contributed by atoms with Gasteiger partial charge in [-0.3, -0.25) is 4.99 Å². The molecule has 0 amide bonds. The highest BCUT2D eigenvalue weighted by molar-refractivity contribution is 6.32. The first-order valence-corrected chi connectivity index (χ1v) is 4.91. The van der Waals surface area contributed by atoms with Crippen molar-refractivity contribution in [2.24, 2.45) is 4.99 Å². The molecule has 0 fully saturated rings. The molecule has 0 bridgehead atoms. The summed E-state index contributed by atoms with van der Waals surface area (Å²) in [7, 11) is 0. The summed E-state index contributed by atoms with van der Waals surface area (Å²) in [6.45, 7) is 4.33. The molecule has 1 aliphatic heterocycles. The quantitative estimate of drug-likeness (QED) is 0.645. The number of benzene rings is 1. The maximum absolute atomic E-state index is 6.14. The molecule has 0 aliphatic carbocycles. The second-order valence-electron chi connectivity index (χ2n) is 3.67. The van der Waals surface area contributed by atoms with Crippen LogP contribution in [0.4, 0.5) is 5.69 Å². The molecule has 2 heteroatoms. The summed E-state index contributed by atoms with van der Waals surface area (Å²) in [5.41, 5.74) is 3.49. The fourth-order valence-electron chi connectivity index (χ4n) is 1.53. The van der Waals surface area contributed by atoms with Crippen LogP contribution in [0.15, 0.2) is 17.1 Å². The molecule has 0 atom stereocenters. The predicted molar refractivity (Wildman–Crippen MR) is 57.4 cm³/mol. The summed E-state index contributed by atoms with van der Waals surface area (Å²) >= 11 is 6.14. The Morgan fingerprint density at radius 3 is 2.85 bits per heavy atom. The van der Waals surface area contributed by atoms with Gasteiger partial charge in [0, 0.05) is 23.2 Å². The van der Waals surface area contributed by atoms with Crippen molar-refractivity contribution in [1.29, 1.82) is 0 Å². The van der Waals surface area contributed by atoms with Gasteiger partial charge in [0.2, 0.25) is 0 Å². The summed E-state index contributed by atoms with van der Waals surface area (Å²) in [4.78, 5) is 4.29. The lowest BCUT2D eigenvalue weighted by molar-refractivity contribution is 0.866. The van der Waals surface area contributed by atoms with Crippen LogP contribution >= 0.6 is 11.6 Å². The standard InChI is InChI=1S/C11H12ClN/c1-7(2)8-5-10(12)9-3-4-13-11(9)6-8/h4-7H,3H2,1-2H3. The number of fused-ring (bicyclic) bond motifs is 1. The minimum absolute atomic E-state index is 0.513. The summed E-state index contributed by atoms with van der Waals surface area (Å²) in [6.07, 6.45) is 2.80. The van der Waals surface area contributed by atoms with Gasteiger partial charge in [0.1, 0.15) is 0 Å². The predicted octanol–water partition coefficient (Wildman–Crippen LogP) is 3.72. The Labute approximate surface area is 83.4 Å². The molecule has 0 saturated carbocycles. The van der Waals surface area contributed by atoms with E-state index in [-0.39, 0.29) is 0 Å². The van der Waals surface area contributed by atoms with Gasteiger partial charge in [0.15, 0.2) is 0 Å². The Morgan fingerprint density at radius 2 is 2.15 bits per heavy atom. The van der Waals surface area contributed by atoms with E-state index in [2.05, 4.69) is 31.0 Å². The van der Waals surface area contributed by atoms with E-state index in [1.54, 1.807) is 0 Å². The molecular weight excluding hydrogens is 182 g/mol. The Bertz CT molecular complexity index is 367. The van der Waals surface area contributed by atoms with Gasteiger partial charge in [-0.25, -0.2) is 0 Å². The molecule has 68 valence electrons. The molecule has 0 spiro atoms. The molecule has 13 heavy (non-hydrogen) atoms. The van der Waals surface area contributed by atoms with E-state index in [9.17, 15) is 0 Å². The lowest BCUT2D eigenvalue weighted by Crippen LogP contribution is -1.89. The zero-order chi connectivity index (χ0) is 9.42. The first kappa shape index (κ1) is 8.76. The van der Waals surface area contributed by atoms with E-state index in [1.165, 1.54) is 11.1 Å². The van der Waals surface area contributed by atoms with E-state index in [0.717, 1.165) is 17.1 Å². The van der Waals surface area contributed by atoms with Crippen molar-refractivity contribution in [3.8, 4) is 0 Å². The molecule has 0 unspecified atom stereocenters. The summed E-state index contributed by atoms with van der Waals surface area (Å²) < 4.78 is 0. The van der Waals surface area contributed by atoms with Crippen molar-refractivity contribution in [2.45, 2.75) is 26.2 Å². The van der Waals surface area contributed by atoms with Crippen molar-refractivity contribution in [3.63, 3.8) is 0 Å². The van der Waals surface area contributed by atoms with Crippen molar-refractivity contribution >= 4 is 23.5 Å². The van der Waals surface area contributed by atoms with Gasteiger partial charge in [-0.2, -0.15) is 0 Å². The van der Waals surface area contributed by atoms with Crippen LogP contribution in [0, 0.1) is 0 Å². The smallest absolute Gasteiger partial charge is 0.0679 e. The number of nitrogens with zero attached hydrogens (tertiary/aromatic N) is 1. The number of hydrogen-bond donors (Lipinski definition) is 0. The normalized spacial score (nSPS) is 13.8. The van der Waals surface area contributed by atoms with Crippen LogP contribution in [0.5, 0.6) is 0 Å². The second kappa shape index (κ2) is 3.15. The van der Waals surface area contributed by atoms with E-state index in [0.29, 0.717) is 5.92 Å². The first-order valence-electron chi connectivity index (χ1n) is 4.53. The van der Waals surface area contributed by atoms with Crippen LogP contribution < -0.4 is 0 Å². The lowest BCUT2D eigenvalue weighted by atomic mass is 10.0. The van der Waals surface area contributed by atoms with Crippen LogP contribution in [0.1, 0.15) is 30.9 Å². The monoisotopic (exact) mass is 193 g/mol. The van der Waals surface area contributed by atoms with Crippen LogP contribution in [-0.2, 0) is 6.42 Å². The van der Waals surface area contributed by atoms with Gasteiger partial charge in [-0.15, -0.1) is 0 Å². The molecule has 0 aromatic heterocycles. The Kier molecular flexibility index (Phi) is 2.12. The zero-order valence-electron chi connectivity index (χ0n) is 7.84. The molecule has 1 heterocycles. The SMILES string of the molecule is CC(C)c1cc(Cl)c2c(c1)N=CC2. The third-order valence-electron chi connectivity index (χ3n) is 2.39. The average Bonchev–Trinajstić information content (AvgIpc) is 2.51. The van der Waals surface area contributed by atoms with Gasteiger partial charge < -0.3 is 0 Å². The number of hydrogen-bond acceptors (Lipinski definition) is 1. The number of aliphatic imine (C=N–C) groups is 1. The van der Waals surface area contributed by atoms with Crippen molar-refractivity contribution in [3.05, 3.63) is 28.3 Å². The van der Waals surface area contributed by atoms with E-state index < -0.39 is 0 Å². The third kappa shape index (κ3) is 1.49. The van der Waals surface area contributed by atoms with Crippen LogP contribution in [0.2, 0.25) is 5.02 Å². The van der Waals surface area contributed by atoms with Gasteiger partial charge in [-0.1, -0.05) is 25.4 Å². The molecule has 1 nitrogen and oxygen atoms in total. The number of rotatable bonds is 1. The molecule has 0 radical (unpaired) electrons. The third-order valence-corrected chi connectivity index (χ3v) is 2.72. The van der Waals surface area contributed by atoms with Gasteiger partial charge in [0.25, 0.3) is 0 Å².